The average Bonchev–Trinajstić information content (AvgIpc) is 2.48. The molecule has 1 aromatic rings. The second-order valence-corrected chi connectivity index (χ2v) is 7.16. The van der Waals surface area contributed by atoms with Crippen molar-refractivity contribution in [1.82, 2.24) is 4.72 Å². The number of nitrogens with one attached hydrogen (secondary N) is 1. The smallest absolute Gasteiger partial charge is 0.214 e. The summed E-state index contributed by atoms with van der Waals surface area (Å²) >= 11 is 0. The van der Waals surface area contributed by atoms with E-state index in [1.54, 1.807) is 13.0 Å². The number of nitriles is 1. The molecular formula is C15H20N2O3S. The fraction of sp³-hybridized carbons (Fsp3) is 0.533. The summed E-state index contributed by atoms with van der Waals surface area (Å²) in [6, 6.07) is 9.47. The van der Waals surface area contributed by atoms with E-state index in [0.717, 1.165) is 5.56 Å². The Balaban J connectivity index is 2.22. The van der Waals surface area contributed by atoms with Gasteiger partial charge in [0.25, 0.3) is 0 Å². The molecule has 0 radical (unpaired) electrons. The number of rotatable bonds is 5. The zero-order valence-corrected chi connectivity index (χ0v) is 12.9. The summed E-state index contributed by atoms with van der Waals surface area (Å²) in [4.78, 5) is 0. The zero-order valence-electron chi connectivity index (χ0n) is 12.1. The Bertz CT molecular complexity index is 622. The molecule has 114 valence electrons. The third-order valence-corrected chi connectivity index (χ3v) is 5.88. The molecule has 1 aliphatic heterocycles. The molecule has 5 nitrogen and oxygen atoms in total. The van der Waals surface area contributed by atoms with Crippen molar-refractivity contribution in [3.05, 3.63) is 35.4 Å². The molecule has 0 unspecified atom stereocenters. The minimum Gasteiger partial charge on any atom is -0.381 e. The van der Waals surface area contributed by atoms with Gasteiger partial charge in [-0.2, -0.15) is 5.26 Å². The van der Waals surface area contributed by atoms with Crippen LogP contribution >= 0.6 is 0 Å². The van der Waals surface area contributed by atoms with E-state index in [4.69, 9.17) is 10.00 Å². The monoisotopic (exact) mass is 308 g/mol. The van der Waals surface area contributed by atoms with Gasteiger partial charge in [0.1, 0.15) is 0 Å². The molecule has 6 heteroatoms. The van der Waals surface area contributed by atoms with Gasteiger partial charge in [-0.05, 0) is 24.5 Å². The van der Waals surface area contributed by atoms with Crippen molar-refractivity contribution in [2.24, 2.45) is 5.92 Å². The summed E-state index contributed by atoms with van der Waals surface area (Å²) in [6.45, 7) is 3.04. The molecule has 1 aromatic carbocycles. The molecule has 2 rings (SSSR count). The van der Waals surface area contributed by atoms with Crippen LogP contribution in [0.1, 0.15) is 24.5 Å². The maximum Gasteiger partial charge on any atom is 0.214 e. The van der Waals surface area contributed by atoms with Crippen LogP contribution in [0.25, 0.3) is 0 Å². The summed E-state index contributed by atoms with van der Waals surface area (Å²) in [5.41, 5.74) is 1.48. The second kappa shape index (κ2) is 7.03. The Morgan fingerprint density at radius 1 is 1.43 bits per heavy atom. The van der Waals surface area contributed by atoms with Gasteiger partial charge in [-0.3, -0.25) is 0 Å². The van der Waals surface area contributed by atoms with Crippen molar-refractivity contribution in [3.63, 3.8) is 0 Å². The molecule has 1 heterocycles. The lowest BCUT2D eigenvalue weighted by atomic mass is 9.91. The summed E-state index contributed by atoms with van der Waals surface area (Å²) in [6.07, 6.45) is 1.04. The van der Waals surface area contributed by atoms with Crippen molar-refractivity contribution >= 4 is 10.0 Å². The first kappa shape index (κ1) is 16.0. The standard InChI is InChI=1S/C15H20N2O3S/c1-2-17-21(18,19)15-7-8-20-11-14(15)9-12-5-3-4-6-13(12)10-16/h3-6,14-15,17H,2,7-9,11H2,1H3/t14-,15-/m0/s1. The highest BCUT2D eigenvalue weighted by Gasteiger charge is 2.35. The Kier molecular flexibility index (Phi) is 5.34. The molecule has 1 saturated heterocycles. The summed E-state index contributed by atoms with van der Waals surface area (Å²) in [7, 11) is -3.34. The molecular weight excluding hydrogens is 288 g/mol. The van der Waals surface area contributed by atoms with Gasteiger partial charge < -0.3 is 4.74 Å². The Hall–Kier alpha value is -1.42. The molecule has 0 saturated carbocycles. The van der Waals surface area contributed by atoms with Crippen LogP contribution in [0.15, 0.2) is 24.3 Å². The van der Waals surface area contributed by atoms with Gasteiger partial charge in [0.15, 0.2) is 0 Å². The van der Waals surface area contributed by atoms with Crippen LogP contribution in [0.2, 0.25) is 0 Å². The number of ether oxygens (including phenoxy) is 1. The van der Waals surface area contributed by atoms with Crippen molar-refractivity contribution < 1.29 is 13.2 Å². The first-order chi connectivity index (χ1) is 10.1. The predicted octanol–water partition coefficient (Wildman–Crippen LogP) is 1.45. The molecule has 1 fully saturated rings. The highest BCUT2D eigenvalue weighted by molar-refractivity contribution is 7.90. The first-order valence-corrected chi connectivity index (χ1v) is 8.67. The summed E-state index contributed by atoms with van der Waals surface area (Å²) in [5.74, 6) is -0.128. The van der Waals surface area contributed by atoms with Gasteiger partial charge in [0.2, 0.25) is 10.0 Å². The minimum absolute atomic E-state index is 0.128. The molecule has 0 aromatic heterocycles. The maximum absolute atomic E-state index is 12.3. The van der Waals surface area contributed by atoms with Gasteiger partial charge >= 0.3 is 0 Å². The number of benzene rings is 1. The van der Waals surface area contributed by atoms with Crippen molar-refractivity contribution in [2.75, 3.05) is 19.8 Å². The van der Waals surface area contributed by atoms with Crippen LogP contribution in [-0.2, 0) is 21.2 Å². The first-order valence-electron chi connectivity index (χ1n) is 7.12. The molecule has 0 aliphatic carbocycles. The predicted molar refractivity (Wildman–Crippen MR) is 80.2 cm³/mol. The third-order valence-electron chi connectivity index (χ3n) is 3.77. The Labute approximate surface area is 126 Å². The highest BCUT2D eigenvalue weighted by Crippen LogP contribution is 2.26. The number of sulfonamides is 1. The van der Waals surface area contributed by atoms with Gasteiger partial charge in [-0.25, -0.2) is 13.1 Å². The van der Waals surface area contributed by atoms with Crippen LogP contribution in [0.3, 0.4) is 0 Å². The average molecular weight is 308 g/mol. The molecule has 0 bridgehead atoms. The van der Waals surface area contributed by atoms with Crippen LogP contribution in [0.5, 0.6) is 0 Å². The molecule has 1 N–H and O–H groups in total. The third kappa shape index (κ3) is 3.82. The Morgan fingerprint density at radius 3 is 2.90 bits per heavy atom. The van der Waals surface area contributed by atoms with Crippen molar-refractivity contribution in [2.45, 2.75) is 25.0 Å². The SMILES string of the molecule is CCNS(=O)(=O)[C@H]1CCOC[C@@H]1Cc1ccccc1C#N. The van der Waals surface area contributed by atoms with Crippen LogP contribution in [0.4, 0.5) is 0 Å². The summed E-state index contributed by atoms with van der Waals surface area (Å²) in [5, 5.41) is 8.69. The lowest BCUT2D eigenvalue weighted by Crippen LogP contribution is -2.44. The van der Waals surface area contributed by atoms with Crippen LogP contribution < -0.4 is 4.72 Å². The topological polar surface area (TPSA) is 79.2 Å². The summed E-state index contributed by atoms with van der Waals surface area (Å²) < 4.78 is 32.7. The number of hydrogen-bond acceptors (Lipinski definition) is 4. The van der Waals surface area contributed by atoms with Crippen LogP contribution in [-0.4, -0.2) is 33.4 Å². The zero-order chi connectivity index (χ0) is 15.3. The quantitative estimate of drug-likeness (QED) is 0.893. The lowest BCUT2D eigenvalue weighted by molar-refractivity contribution is 0.0570. The molecule has 2 atom stereocenters. The van der Waals surface area contributed by atoms with E-state index < -0.39 is 15.3 Å². The fourth-order valence-corrected chi connectivity index (χ4v) is 4.48. The van der Waals surface area contributed by atoms with E-state index >= 15 is 0 Å². The fourth-order valence-electron chi connectivity index (χ4n) is 2.77. The molecule has 21 heavy (non-hydrogen) atoms. The van der Waals surface area contributed by atoms with Crippen LogP contribution in [0, 0.1) is 17.2 Å². The molecule has 1 aliphatic rings. The lowest BCUT2D eigenvalue weighted by Gasteiger charge is -2.31. The number of nitrogens with zero attached hydrogens (tertiary/aromatic N) is 1. The number of hydrogen-bond donors (Lipinski definition) is 1. The van der Waals surface area contributed by atoms with E-state index in [1.807, 2.05) is 18.2 Å². The minimum atomic E-state index is -3.34. The second-order valence-electron chi connectivity index (χ2n) is 5.18. The van der Waals surface area contributed by atoms with E-state index in [-0.39, 0.29) is 5.92 Å². The molecule has 0 spiro atoms. The van der Waals surface area contributed by atoms with Crippen molar-refractivity contribution in [3.8, 4) is 6.07 Å². The van der Waals surface area contributed by atoms with Gasteiger partial charge in [0, 0.05) is 19.1 Å². The van der Waals surface area contributed by atoms with Crippen molar-refractivity contribution in [1.29, 1.82) is 5.26 Å². The van der Waals surface area contributed by atoms with Gasteiger partial charge in [0.05, 0.1) is 23.5 Å². The normalized spacial score (nSPS) is 22.7. The highest BCUT2D eigenvalue weighted by atomic mass is 32.2. The maximum atomic E-state index is 12.3. The van der Waals surface area contributed by atoms with E-state index in [1.165, 1.54) is 0 Å². The van der Waals surface area contributed by atoms with E-state index in [2.05, 4.69) is 10.8 Å². The van der Waals surface area contributed by atoms with E-state index in [0.29, 0.717) is 38.2 Å². The Morgan fingerprint density at radius 2 is 2.19 bits per heavy atom. The van der Waals surface area contributed by atoms with E-state index in [9.17, 15) is 8.42 Å². The van der Waals surface area contributed by atoms with Gasteiger partial charge in [-0.15, -0.1) is 0 Å². The molecule has 0 amide bonds. The van der Waals surface area contributed by atoms with Gasteiger partial charge in [-0.1, -0.05) is 25.1 Å². The largest absolute Gasteiger partial charge is 0.381 e.